The van der Waals surface area contributed by atoms with E-state index in [1.54, 1.807) is 19.9 Å². The number of nitrogens with one attached hydrogen (secondary N) is 1. The Hall–Kier alpha value is -2.58. The van der Waals surface area contributed by atoms with Gasteiger partial charge in [-0.1, -0.05) is 31.5 Å². The lowest BCUT2D eigenvalue weighted by molar-refractivity contribution is -0.118. The van der Waals surface area contributed by atoms with Gasteiger partial charge in [0.2, 0.25) is 10.0 Å². The number of hydrogen-bond donors (Lipinski definition) is 1. The number of sulfonamides is 1. The highest BCUT2D eigenvalue weighted by molar-refractivity contribution is 7.89. The second kappa shape index (κ2) is 10.6. The van der Waals surface area contributed by atoms with E-state index in [-0.39, 0.29) is 23.3 Å². The Bertz CT molecular complexity index is 1010. The minimum atomic E-state index is -3.67. The van der Waals surface area contributed by atoms with Crippen molar-refractivity contribution in [1.29, 1.82) is 0 Å². The van der Waals surface area contributed by atoms with Gasteiger partial charge in [-0.25, -0.2) is 8.42 Å². The smallest absolute Gasteiger partial charge is 0.262 e. The fourth-order valence-corrected chi connectivity index (χ4v) is 4.61. The quantitative estimate of drug-likeness (QED) is 0.590. The van der Waals surface area contributed by atoms with Crippen molar-refractivity contribution in [2.75, 3.05) is 25.0 Å². The van der Waals surface area contributed by atoms with Crippen LogP contribution in [0.3, 0.4) is 0 Å². The topological polar surface area (TPSA) is 84.9 Å². The maximum Gasteiger partial charge on any atom is 0.262 e. The number of anilines is 1. The van der Waals surface area contributed by atoms with Crippen LogP contribution in [0.5, 0.6) is 11.5 Å². The van der Waals surface area contributed by atoms with E-state index in [4.69, 9.17) is 9.47 Å². The fraction of sp³-hybridized carbons (Fsp3) is 0.435. The highest BCUT2D eigenvalue weighted by atomic mass is 32.2. The molecule has 2 aromatic rings. The Morgan fingerprint density at radius 1 is 1.03 bits per heavy atom. The van der Waals surface area contributed by atoms with Gasteiger partial charge in [0.15, 0.2) is 6.61 Å². The van der Waals surface area contributed by atoms with E-state index < -0.39 is 15.9 Å². The predicted molar refractivity (Wildman–Crippen MR) is 122 cm³/mol. The highest BCUT2D eigenvalue weighted by Crippen LogP contribution is 2.30. The van der Waals surface area contributed by atoms with Crippen LogP contribution >= 0.6 is 0 Å². The molecule has 31 heavy (non-hydrogen) atoms. The van der Waals surface area contributed by atoms with Crippen molar-refractivity contribution >= 4 is 21.6 Å². The van der Waals surface area contributed by atoms with Crippen molar-refractivity contribution in [2.24, 2.45) is 0 Å². The monoisotopic (exact) mass is 448 g/mol. The highest BCUT2D eigenvalue weighted by Gasteiger charge is 2.23. The zero-order valence-corrected chi connectivity index (χ0v) is 19.9. The van der Waals surface area contributed by atoms with Gasteiger partial charge < -0.3 is 14.8 Å². The molecule has 0 fully saturated rings. The maximum absolute atomic E-state index is 12.9. The number of carbonyl (C=O) groups is 1. The molecule has 7 nitrogen and oxygen atoms in total. The Balaban J connectivity index is 2.26. The molecule has 2 rings (SSSR count). The van der Waals surface area contributed by atoms with Crippen LogP contribution in [0.15, 0.2) is 41.3 Å². The largest absolute Gasteiger partial charge is 0.489 e. The second-order valence-electron chi connectivity index (χ2n) is 7.52. The molecule has 0 bridgehead atoms. The Morgan fingerprint density at radius 2 is 1.68 bits per heavy atom. The van der Waals surface area contributed by atoms with Crippen molar-refractivity contribution in [1.82, 2.24) is 4.31 Å². The molecule has 8 heteroatoms. The summed E-state index contributed by atoms with van der Waals surface area (Å²) in [5.74, 6) is 0.608. The van der Waals surface area contributed by atoms with Crippen LogP contribution < -0.4 is 14.8 Å². The third-order valence-corrected chi connectivity index (χ3v) is 6.67. The molecule has 0 saturated carbocycles. The molecule has 0 heterocycles. The molecule has 0 saturated heterocycles. The first-order valence-electron chi connectivity index (χ1n) is 10.4. The van der Waals surface area contributed by atoms with Crippen LogP contribution in [0.2, 0.25) is 0 Å². The molecule has 0 aliphatic carbocycles. The van der Waals surface area contributed by atoms with Crippen LogP contribution in [0.4, 0.5) is 5.69 Å². The summed E-state index contributed by atoms with van der Waals surface area (Å²) in [6.07, 6.45) is -0.146. The molecule has 0 aliphatic heterocycles. The molecule has 1 amide bonds. The van der Waals surface area contributed by atoms with Gasteiger partial charge in [-0.05, 0) is 57.5 Å². The lowest BCUT2D eigenvalue weighted by atomic mass is 10.1. The summed E-state index contributed by atoms with van der Waals surface area (Å²) in [6, 6.07) is 10.2. The third kappa shape index (κ3) is 6.45. The molecule has 0 aliphatic rings. The van der Waals surface area contributed by atoms with Crippen LogP contribution in [0, 0.1) is 13.8 Å². The van der Waals surface area contributed by atoms with Crippen LogP contribution in [-0.4, -0.2) is 44.4 Å². The van der Waals surface area contributed by atoms with Gasteiger partial charge in [0.05, 0.1) is 16.7 Å². The summed E-state index contributed by atoms with van der Waals surface area (Å²) in [4.78, 5) is 12.7. The maximum atomic E-state index is 12.9. The van der Waals surface area contributed by atoms with Gasteiger partial charge in [-0.2, -0.15) is 4.31 Å². The average molecular weight is 449 g/mol. The number of ether oxygens (including phenoxy) is 2. The van der Waals surface area contributed by atoms with Crippen molar-refractivity contribution < 1.29 is 22.7 Å². The predicted octanol–water partition coefficient (Wildman–Crippen LogP) is 4.14. The normalized spacial score (nSPS) is 11.6. The summed E-state index contributed by atoms with van der Waals surface area (Å²) in [5.41, 5.74) is 2.33. The molecule has 0 aromatic heterocycles. The van der Waals surface area contributed by atoms with Crippen molar-refractivity contribution in [3.8, 4) is 11.5 Å². The van der Waals surface area contributed by atoms with Gasteiger partial charge in [0, 0.05) is 13.1 Å². The number of benzene rings is 2. The average Bonchev–Trinajstić information content (AvgIpc) is 2.69. The molecular weight excluding hydrogens is 416 g/mol. The lowest BCUT2D eigenvalue weighted by Gasteiger charge is -2.20. The molecule has 0 radical (unpaired) electrons. The molecule has 0 spiro atoms. The van der Waals surface area contributed by atoms with E-state index in [2.05, 4.69) is 5.32 Å². The third-order valence-electron chi connectivity index (χ3n) is 4.62. The zero-order chi connectivity index (χ0) is 23.2. The summed E-state index contributed by atoms with van der Waals surface area (Å²) in [6.45, 7) is 11.7. The second-order valence-corrected chi connectivity index (χ2v) is 9.46. The van der Waals surface area contributed by atoms with Gasteiger partial charge in [0.1, 0.15) is 11.5 Å². The van der Waals surface area contributed by atoms with E-state index >= 15 is 0 Å². The SMILES string of the molecule is CCN(CC)S(=O)(=O)c1ccc(OC(C)C)c(NC(=O)COc2ccc(C)cc2C)c1. The first kappa shape index (κ1) is 24.7. The molecule has 1 N–H and O–H groups in total. The number of nitrogens with zero attached hydrogens (tertiary/aromatic N) is 1. The molecule has 0 unspecified atom stereocenters. The Kier molecular flexibility index (Phi) is 8.47. The summed E-state index contributed by atoms with van der Waals surface area (Å²) >= 11 is 0. The van der Waals surface area contributed by atoms with Crippen molar-refractivity contribution in [3.05, 3.63) is 47.5 Å². The van der Waals surface area contributed by atoms with E-state index in [0.717, 1.165) is 11.1 Å². The molecule has 2 aromatic carbocycles. The molecular formula is C23H32N2O5S. The molecule has 170 valence electrons. The fourth-order valence-electron chi connectivity index (χ4n) is 3.13. The standard InChI is InChI=1S/C23H32N2O5S/c1-7-25(8-2)31(27,28)19-10-12-22(30-16(3)4)20(14-19)24-23(26)15-29-21-11-9-17(5)13-18(21)6/h9-14,16H,7-8,15H2,1-6H3,(H,24,26). The zero-order valence-electron chi connectivity index (χ0n) is 19.1. The summed E-state index contributed by atoms with van der Waals surface area (Å²) < 4.78 is 38.5. The van der Waals surface area contributed by atoms with E-state index in [9.17, 15) is 13.2 Å². The first-order chi connectivity index (χ1) is 14.6. The summed E-state index contributed by atoms with van der Waals surface area (Å²) in [7, 11) is -3.67. The van der Waals surface area contributed by atoms with Crippen LogP contribution in [-0.2, 0) is 14.8 Å². The van der Waals surface area contributed by atoms with Crippen LogP contribution in [0.1, 0.15) is 38.8 Å². The lowest BCUT2D eigenvalue weighted by Crippen LogP contribution is -2.30. The number of amides is 1. The van der Waals surface area contributed by atoms with E-state index in [1.807, 2.05) is 45.9 Å². The molecule has 0 atom stereocenters. The number of rotatable bonds is 10. The number of carbonyl (C=O) groups excluding carboxylic acids is 1. The minimum Gasteiger partial charge on any atom is -0.489 e. The number of hydrogen-bond acceptors (Lipinski definition) is 5. The van der Waals surface area contributed by atoms with Gasteiger partial charge in [-0.15, -0.1) is 0 Å². The van der Waals surface area contributed by atoms with Crippen molar-refractivity contribution in [3.63, 3.8) is 0 Å². The number of aryl methyl sites for hydroxylation is 2. The van der Waals surface area contributed by atoms with Gasteiger partial charge in [0.25, 0.3) is 5.91 Å². The first-order valence-corrected chi connectivity index (χ1v) is 11.8. The summed E-state index contributed by atoms with van der Waals surface area (Å²) in [5, 5.41) is 2.73. The van der Waals surface area contributed by atoms with E-state index in [1.165, 1.54) is 16.4 Å². The van der Waals surface area contributed by atoms with Gasteiger partial charge >= 0.3 is 0 Å². The van der Waals surface area contributed by atoms with Crippen molar-refractivity contribution in [2.45, 2.75) is 52.5 Å². The Morgan fingerprint density at radius 3 is 2.26 bits per heavy atom. The van der Waals surface area contributed by atoms with Gasteiger partial charge in [-0.3, -0.25) is 4.79 Å². The van der Waals surface area contributed by atoms with Crippen LogP contribution in [0.25, 0.3) is 0 Å². The Labute approximate surface area is 185 Å². The minimum absolute atomic E-state index is 0.0953. The van der Waals surface area contributed by atoms with E-state index in [0.29, 0.717) is 24.6 Å².